The first-order valence-corrected chi connectivity index (χ1v) is 5.19. The van der Waals surface area contributed by atoms with Crippen molar-refractivity contribution in [2.75, 3.05) is 0 Å². The van der Waals surface area contributed by atoms with Crippen LogP contribution in [0.2, 0.25) is 5.02 Å². The molecule has 0 amide bonds. The molecule has 1 aromatic carbocycles. The first-order chi connectivity index (χ1) is 7.29. The second-order valence-electron chi connectivity index (χ2n) is 3.39. The Bertz CT molecular complexity index is 442. The Kier molecular flexibility index (Phi) is 2.97. The summed E-state index contributed by atoms with van der Waals surface area (Å²) in [4.78, 5) is 0. The maximum Gasteiger partial charge on any atom is 0.0703 e. The summed E-state index contributed by atoms with van der Waals surface area (Å²) in [5.41, 5.74) is 2.02. The zero-order valence-electron chi connectivity index (χ0n) is 8.39. The van der Waals surface area contributed by atoms with E-state index in [1.54, 1.807) is 6.20 Å². The van der Waals surface area contributed by atoms with Crippen LogP contribution in [0.15, 0.2) is 42.6 Å². The lowest BCUT2D eigenvalue weighted by Crippen LogP contribution is -2.00. The molecule has 2 nitrogen and oxygen atoms in total. The highest BCUT2D eigenvalue weighted by Crippen LogP contribution is 2.27. The number of rotatable bonds is 2. The number of hydrogen-bond acceptors (Lipinski definition) is 2. The molecule has 15 heavy (non-hydrogen) atoms. The molecular weight excluding hydrogens is 208 g/mol. The van der Waals surface area contributed by atoms with E-state index in [9.17, 15) is 0 Å². The molecule has 0 bridgehead atoms. The monoisotopic (exact) mass is 218 g/mol. The third kappa shape index (κ3) is 2.16. The Hall–Kier alpha value is -1.41. The van der Waals surface area contributed by atoms with Crippen molar-refractivity contribution in [1.82, 2.24) is 10.2 Å². The summed E-state index contributed by atoms with van der Waals surface area (Å²) in [5, 5.41) is 8.73. The second-order valence-corrected chi connectivity index (χ2v) is 3.80. The van der Waals surface area contributed by atoms with Gasteiger partial charge in [0.1, 0.15) is 0 Å². The molecule has 0 saturated carbocycles. The fraction of sp³-hybridized carbons (Fsp3) is 0.167. The second kappa shape index (κ2) is 4.41. The lowest BCUT2D eigenvalue weighted by molar-refractivity contribution is 0.823. The molecule has 0 fully saturated rings. The van der Waals surface area contributed by atoms with Crippen LogP contribution in [0.5, 0.6) is 0 Å². The van der Waals surface area contributed by atoms with Crippen LogP contribution < -0.4 is 0 Å². The van der Waals surface area contributed by atoms with Crippen LogP contribution in [-0.4, -0.2) is 10.2 Å². The third-order valence-electron chi connectivity index (χ3n) is 2.41. The Morgan fingerprint density at radius 2 is 1.93 bits per heavy atom. The molecule has 0 saturated heterocycles. The SMILES string of the molecule is CC(c1cccnn1)c1ccccc1Cl. The molecule has 3 heteroatoms. The Labute approximate surface area is 93.9 Å². The van der Waals surface area contributed by atoms with E-state index in [4.69, 9.17) is 11.6 Å². The summed E-state index contributed by atoms with van der Waals surface area (Å²) >= 11 is 6.12. The first kappa shape index (κ1) is 10.1. The molecule has 0 N–H and O–H groups in total. The van der Waals surface area contributed by atoms with E-state index >= 15 is 0 Å². The molecule has 76 valence electrons. The number of halogens is 1. The fourth-order valence-electron chi connectivity index (χ4n) is 1.53. The van der Waals surface area contributed by atoms with E-state index in [0.29, 0.717) is 0 Å². The Morgan fingerprint density at radius 1 is 1.13 bits per heavy atom. The smallest absolute Gasteiger partial charge is 0.0703 e. The summed E-state index contributed by atoms with van der Waals surface area (Å²) in [6.45, 7) is 2.07. The van der Waals surface area contributed by atoms with Crippen LogP contribution in [0.1, 0.15) is 24.1 Å². The predicted molar refractivity (Wildman–Crippen MR) is 61.0 cm³/mol. The molecule has 2 aromatic rings. The van der Waals surface area contributed by atoms with Gasteiger partial charge < -0.3 is 0 Å². The van der Waals surface area contributed by atoms with Crippen LogP contribution in [-0.2, 0) is 0 Å². The number of aromatic nitrogens is 2. The van der Waals surface area contributed by atoms with Gasteiger partial charge in [0.25, 0.3) is 0 Å². The van der Waals surface area contributed by atoms with Gasteiger partial charge in [-0.15, -0.1) is 0 Å². The fourth-order valence-corrected chi connectivity index (χ4v) is 1.83. The minimum Gasteiger partial charge on any atom is -0.159 e. The molecule has 1 aromatic heterocycles. The van der Waals surface area contributed by atoms with E-state index < -0.39 is 0 Å². The van der Waals surface area contributed by atoms with Gasteiger partial charge in [0.05, 0.1) is 5.69 Å². The summed E-state index contributed by atoms with van der Waals surface area (Å²) < 4.78 is 0. The lowest BCUT2D eigenvalue weighted by Gasteiger charge is -2.11. The average molecular weight is 219 g/mol. The number of nitrogens with zero attached hydrogens (tertiary/aromatic N) is 2. The van der Waals surface area contributed by atoms with Gasteiger partial charge in [0.15, 0.2) is 0 Å². The van der Waals surface area contributed by atoms with Gasteiger partial charge in [-0.2, -0.15) is 10.2 Å². The molecule has 1 unspecified atom stereocenters. The van der Waals surface area contributed by atoms with E-state index in [1.807, 2.05) is 36.4 Å². The molecule has 0 spiro atoms. The van der Waals surface area contributed by atoms with Crippen molar-refractivity contribution in [3.8, 4) is 0 Å². The highest BCUT2D eigenvalue weighted by atomic mass is 35.5. The van der Waals surface area contributed by atoms with Crippen LogP contribution in [0.3, 0.4) is 0 Å². The normalized spacial score (nSPS) is 12.4. The quantitative estimate of drug-likeness (QED) is 0.773. The van der Waals surface area contributed by atoms with E-state index in [-0.39, 0.29) is 5.92 Å². The van der Waals surface area contributed by atoms with Crippen molar-refractivity contribution in [2.24, 2.45) is 0 Å². The van der Waals surface area contributed by atoms with Crippen molar-refractivity contribution in [2.45, 2.75) is 12.8 Å². The zero-order chi connectivity index (χ0) is 10.7. The van der Waals surface area contributed by atoms with Gasteiger partial charge in [-0.05, 0) is 23.8 Å². The molecule has 0 radical (unpaired) electrons. The number of hydrogen-bond donors (Lipinski definition) is 0. The topological polar surface area (TPSA) is 25.8 Å². The summed E-state index contributed by atoms with van der Waals surface area (Å²) in [7, 11) is 0. The van der Waals surface area contributed by atoms with Gasteiger partial charge in [0, 0.05) is 17.1 Å². The predicted octanol–water partition coefficient (Wildman–Crippen LogP) is 3.28. The van der Waals surface area contributed by atoms with E-state index in [1.165, 1.54) is 0 Å². The minimum atomic E-state index is 0.174. The number of benzene rings is 1. The molecule has 2 rings (SSSR count). The van der Waals surface area contributed by atoms with Gasteiger partial charge in [-0.3, -0.25) is 0 Å². The zero-order valence-corrected chi connectivity index (χ0v) is 9.15. The largest absolute Gasteiger partial charge is 0.159 e. The Balaban J connectivity index is 2.37. The van der Waals surface area contributed by atoms with Crippen molar-refractivity contribution < 1.29 is 0 Å². The molecule has 0 aliphatic carbocycles. The van der Waals surface area contributed by atoms with Gasteiger partial charge in [0.2, 0.25) is 0 Å². The molecule has 1 atom stereocenters. The molecular formula is C12H11ClN2. The standard InChI is InChI=1S/C12H11ClN2/c1-9(12-7-4-8-14-15-12)10-5-2-3-6-11(10)13/h2-9H,1H3. The maximum absolute atomic E-state index is 6.12. The van der Waals surface area contributed by atoms with Crippen molar-refractivity contribution >= 4 is 11.6 Å². The summed E-state index contributed by atoms with van der Waals surface area (Å²) in [6.07, 6.45) is 1.67. The molecule has 0 aliphatic heterocycles. The van der Waals surface area contributed by atoms with Gasteiger partial charge >= 0.3 is 0 Å². The van der Waals surface area contributed by atoms with Crippen molar-refractivity contribution in [3.63, 3.8) is 0 Å². The Morgan fingerprint density at radius 3 is 2.60 bits per heavy atom. The van der Waals surface area contributed by atoms with Crippen molar-refractivity contribution in [3.05, 3.63) is 58.9 Å². The first-order valence-electron chi connectivity index (χ1n) is 4.81. The van der Waals surface area contributed by atoms with Gasteiger partial charge in [-0.25, -0.2) is 0 Å². The van der Waals surface area contributed by atoms with Crippen LogP contribution in [0.25, 0.3) is 0 Å². The molecule has 0 aliphatic rings. The van der Waals surface area contributed by atoms with E-state index in [2.05, 4.69) is 17.1 Å². The minimum absolute atomic E-state index is 0.174. The van der Waals surface area contributed by atoms with Gasteiger partial charge in [-0.1, -0.05) is 36.7 Å². The van der Waals surface area contributed by atoms with Crippen LogP contribution in [0.4, 0.5) is 0 Å². The maximum atomic E-state index is 6.12. The lowest BCUT2D eigenvalue weighted by atomic mass is 9.98. The van der Waals surface area contributed by atoms with Crippen LogP contribution in [0, 0.1) is 0 Å². The summed E-state index contributed by atoms with van der Waals surface area (Å²) in [6, 6.07) is 11.7. The highest BCUT2D eigenvalue weighted by molar-refractivity contribution is 6.31. The average Bonchev–Trinajstić information content (AvgIpc) is 2.30. The third-order valence-corrected chi connectivity index (χ3v) is 2.75. The van der Waals surface area contributed by atoms with Crippen molar-refractivity contribution in [1.29, 1.82) is 0 Å². The summed E-state index contributed by atoms with van der Waals surface area (Å²) in [5.74, 6) is 0.174. The van der Waals surface area contributed by atoms with E-state index in [0.717, 1.165) is 16.3 Å². The highest BCUT2D eigenvalue weighted by Gasteiger charge is 2.12. The van der Waals surface area contributed by atoms with Crippen LogP contribution >= 0.6 is 11.6 Å². The molecule has 1 heterocycles.